The highest BCUT2D eigenvalue weighted by molar-refractivity contribution is 7.09. The number of hydrogen-bond donors (Lipinski definition) is 1. The maximum absolute atomic E-state index is 9.91. The number of hydrogen-bond acceptors (Lipinski definition) is 4. The fourth-order valence-corrected chi connectivity index (χ4v) is 2.15. The fraction of sp³-hybridized carbons (Fsp3) is 0.200. The van der Waals surface area contributed by atoms with Gasteiger partial charge in [0.15, 0.2) is 0 Å². The number of aliphatic hydroxyl groups is 1. The number of aromatic nitrogens is 2. The molecule has 0 saturated heterocycles. The van der Waals surface area contributed by atoms with Crippen LogP contribution >= 0.6 is 22.9 Å². The van der Waals surface area contributed by atoms with Crippen molar-refractivity contribution in [2.75, 3.05) is 0 Å². The van der Waals surface area contributed by atoms with E-state index in [0.717, 1.165) is 4.88 Å². The molecule has 0 bridgehead atoms. The van der Waals surface area contributed by atoms with E-state index in [1.165, 1.54) is 11.3 Å². The number of nitrogens with zero attached hydrogens (tertiary/aromatic N) is 2. The summed E-state index contributed by atoms with van der Waals surface area (Å²) in [4.78, 5) is 9.02. The summed E-state index contributed by atoms with van der Waals surface area (Å²) in [5.41, 5.74) is 2.26. The Bertz CT molecular complexity index is 433. The number of thiazole rings is 1. The average molecular weight is 241 g/mol. The summed E-state index contributed by atoms with van der Waals surface area (Å²) in [6.45, 7) is 0. The molecule has 1 atom stereocenters. The molecule has 2 rings (SSSR count). The van der Waals surface area contributed by atoms with Gasteiger partial charge in [-0.25, -0.2) is 0 Å². The lowest BCUT2D eigenvalue weighted by Crippen LogP contribution is -2.03. The van der Waals surface area contributed by atoms with E-state index >= 15 is 0 Å². The molecule has 0 fully saturated rings. The summed E-state index contributed by atoms with van der Waals surface area (Å²) < 4.78 is 0. The first-order chi connectivity index (χ1) is 7.27. The van der Waals surface area contributed by atoms with Gasteiger partial charge in [0, 0.05) is 23.7 Å². The Kier molecular flexibility index (Phi) is 3.30. The quantitative estimate of drug-likeness (QED) is 0.897. The third-order valence-corrected chi connectivity index (χ3v) is 3.10. The zero-order valence-electron chi connectivity index (χ0n) is 7.80. The van der Waals surface area contributed by atoms with Crippen molar-refractivity contribution in [1.82, 2.24) is 9.97 Å². The van der Waals surface area contributed by atoms with Crippen LogP contribution in [0.25, 0.3) is 0 Å². The second-order valence-electron chi connectivity index (χ2n) is 3.06. The molecule has 0 aliphatic heterocycles. The van der Waals surface area contributed by atoms with E-state index in [-0.39, 0.29) is 0 Å². The van der Waals surface area contributed by atoms with E-state index in [1.54, 1.807) is 30.0 Å². The maximum atomic E-state index is 9.91. The van der Waals surface area contributed by atoms with Crippen LogP contribution < -0.4 is 0 Å². The summed E-state index contributed by atoms with van der Waals surface area (Å²) in [5.74, 6) is 0. The summed E-state index contributed by atoms with van der Waals surface area (Å²) in [6.07, 6.45) is 3.20. The monoisotopic (exact) mass is 240 g/mol. The molecule has 78 valence electrons. The highest BCUT2D eigenvalue weighted by atomic mass is 35.5. The fourth-order valence-electron chi connectivity index (χ4n) is 1.27. The molecule has 2 aromatic rings. The van der Waals surface area contributed by atoms with Crippen LogP contribution in [0.2, 0.25) is 5.02 Å². The number of halogens is 1. The minimum atomic E-state index is -0.667. The molecule has 0 aliphatic rings. The second kappa shape index (κ2) is 4.70. The number of aliphatic hydroxyl groups excluding tert-OH is 1. The van der Waals surface area contributed by atoms with Gasteiger partial charge in [-0.2, -0.15) is 0 Å². The maximum Gasteiger partial charge on any atom is 0.102 e. The molecule has 0 amide bonds. The zero-order chi connectivity index (χ0) is 10.7. The highest BCUT2D eigenvalue weighted by Crippen LogP contribution is 2.24. The van der Waals surface area contributed by atoms with E-state index < -0.39 is 6.10 Å². The van der Waals surface area contributed by atoms with Crippen LogP contribution in [0.15, 0.2) is 30.0 Å². The molecule has 2 heterocycles. The van der Waals surface area contributed by atoms with Gasteiger partial charge in [-0.05, 0) is 12.1 Å². The molecule has 1 unspecified atom stereocenters. The topological polar surface area (TPSA) is 46.0 Å². The van der Waals surface area contributed by atoms with Gasteiger partial charge in [-0.15, -0.1) is 11.3 Å². The van der Waals surface area contributed by atoms with Gasteiger partial charge >= 0.3 is 0 Å². The van der Waals surface area contributed by atoms with E-state index in [4.69, 9.17) is 11.6 Å². The van der Waals surface area contributed by atoms with Crippen LogP contribution in [0.1, 0.15) is 16.7 Å². The Morgan fingerprint density at radius 1 is 1.53 bits per heavy atom. The normalized spacial score (nSPS) is 12.7. The van der Waals surface area contributed by atoms with Crippen molar-refractivity contribution >= 4 is 22.9 Å². The lowest BCUT2D eigenvalue weighted by molar-refractivity contribution is 0.174. The van der Waals surface area contributed by atoms with Crippen LogP contribution in [-0.2, 0) is 6.42 Å². The van der Waals surface area contributed by atoms with Gasteiger partial charge in [0.25, 0.3) is 0 Å². The molecule has 0 radical (unpaired) electrons. The molecule has 0 aliphatic carbocycles. The van der Waals surface area contributed by atoms with Gasteiger partial charge in [-0.3, -0.25) is 9.97 Å². The summed E-state index contributed by atoms with van der Waals surface area (Å²) in [7, 11) is 0. The van der Waals surface area contributed by atoms with Gasteiger partial charge in [-0.1, -0.05) is 11.6 Å². The Labute approximate surface area is 96.4 Å². The zero-order valence-corrected chi connectivity index (χ0v) is 9.37. The molecule has 1 N–H and O–H groups in total. The van der Waals surface area contributed by atoms with Gasteiger partial charge in [0.2, 0.25) is 0 Å². The SMILES string of the molecule is OC(Cc1cncs1)c1ncccc1Cl. The summed E-state index contributed by atoms with van der Waals surface area (Å²) in [6, 6.07) is 3.46. The van der Waals surface area contributed by atoms with Gasteiger partial charge in [0.05, 0.1) is 16.2 Å². The molecule has 0 aromatic carbocycles. The molecule has 3 nitrogen and oxygen atoms in total. The van der Waals surface area contributed by atoms with E-state index in [9.17, 15) is 5.11 Å². The Morgan fingerprint density at radius 2 is 2.40 bits per heavy atom. The van der Waals surface area contributed by atoms with Gasteiger partial charge < -0.3 is 5.11 Å². The largest absolute Gasteiger partial charge is 0.386 e. The molecule has 0 saturated carbocycles. The third kappa shape index (κ3) is 2.53. The van der Waals surface area contributed by atoms with Crippen molar-refractivity contribution in [3.05, 3.63) is 45.6 Å². The molecule has 0 spiro atoms. The second-order valence-corrected chi connectivity index (χ2v) is 4.44. The third-order valence-electron chi connectivity index (χ3n) is 1.98. The first-order valence-electron chi connectivity index (χ1n) is 4.43. The lowest BCUT2D eigenvalue weighted by Gasteiger charge is -2.09. The smallest absolute Gasteiger partial charge is 0.102 e. The lowest BCUT2D eigenvalue weighted by atomic mass is 10.1. The predicted octanol–water partition coefficient (Wildman–Crippen LogP) is 2.47. The van der Waals surface area contributed by atoms with E-state index in [2.05, 4.69) is 9.97 Å². The van der Waals surface area contributed by atoms with Crippen molar-refractivity contribution in [2.45, 2.75) is 12.5 Å². The summed E-state index contributed by atoms with van der Waals surface area (Å²) in [5, 5.41) is 10.4. The molecule has 15 heavy (non-hydrogen) atoms. The number of pyridine rings is 1. The van der Waals surface area contributed by atoms with Crippen molar-refractivity contribution < 1.29 is 5.11 Å². The van der Waals surface area contributed by atoms with Crippen molar-refractivity contribution in [3.8, 4) is 0 Å². The first kappa shape index (κ1) is 10.5. The summed E-state index contributed by atoms with van der Waals surface area (Å²) >= 11 is 7.43. The molecule has 2 aromatic heterocycles. The molecular formula is C10H9ClN2OS. The van der Waals surface area contributed by atoms with E-state index in [0.29, 0.717) is 17.1 Å². The predicted molar refractivity (Wildman–Crippen MR) is 60.0 cm³/mol. The van der Waals surface area contributed by atoms with Gasteiger partial charge in [0.1, 0.15) is 6.10 Å². The van der Waals surface area contributed by atoms with Crippen LogP contribution in [0, 0.1) is 0 Å². The highest BCUT2D eigenvalue weighted by Gasteiger charge is 2.13. The van der Waals surface area contributed by atoms with Crippen LogP contribution in [0.4, 0.5) is 0 Å². The Hall–Kier alpha value is -0.970. The Morgan fingerprint density at radius 3 is 3.07 bits per heavy atom. The standard InChI is InChI=1S/C10H9ClN2OS/c11-8-2-1-3-13-10(8)9(14)4-7-5-12-6-15-7/h1-3,5-6,9,14H,4H2. The van der Waals surface area contributed by atoms with E-state index in [1.807, 2.05) is 0 Å². The average Bonchev–Trinajstić information content (AvgIpc) is 2.71. The molecular weight excluding hydrogens is 232 g/mol. The van der Waals surface area contributed by atoms with Crippen LogP contribution in [0.5, 0.6) is 0 Å². The minimum Gasteiger partial charge on any atom is -0.386 e. The van der Waals surface area contributed by atoms with Crippen molar-refractivity contribution in [3.63, 3.8) is 0 Å². The van der Waals surface area contributed by atoms with Crippen molar-refractivity contribution in [1.29, 1.82) is 0 Å². The minimum absolute atomic E-state index is 0.495. The first-order valence-corrected chi connectivity index (χ1v) is 5.69. The van der Waals surface area contributed by atoms with Crippen molar-refractivity contribution in [2.24, 2.45) is 0 Å². The van der Waals surface area contributed by atoms with Crippen LogP contribution in [0.3, 0.4) is 0 Å². The van der Waals surface area contributed by atoms with Crippen LogP contribution in [-0.4, -0.2) is 15.1 Å². The number of rotatable bonds is 3. The molecule has 5 heteroatoms. The Balaban J connectivity index is 2.15.